The third-order valence-corrected chi connectivity index (χ3v) is 3.90. The zero-order valence-corrected chi connectivity index (χ0v) is 12.0. The van der Waals surface area contributed by atoms with Gasteiger partial charge in [0.2, 0.25) is 0 Å². The van der Waals surface area contributed by atoms with Gasteiger partial charge in [-0.1, -0.05) is 0 Å². The van der Waals surface area contributed by atoms with Crippen LogP contribution in [-0.2, 0) is 4.74 Å². The first kappa shape index (κ1) is 13.1. The molecule has 0 spiro atoms. The molecular formula is C14H19N5O. The molecule has 2 atom stereocenters. The first-order chi connectivity index (χ1) is 9.69. The van der Waals surface area contributed by atoms with Crippen molar-refractivity contribution in [1.82, 2.24) is 19.9 Å². The van der Waals surface area contributed by atoms with Crippen LogP contribution in [0.2, 0.25) is 0 Å². The second kappa shape index (κ2) is 5.20. The zero-order chi connectivity index (χ0) is 14.1. The number of rotatable bonds is 3. The third-order valence-electron chi connectivity index (χ3n) is 3.90. The Morgan fingerprint density at radius 1 is 1.35 bits per heavy atom. The maximum absolute atomic E-state index is 5.52. The highest BCUT2D eigenvalue weighted by atomic mass is 16.5. The molecule has 0 aliphatic carbocycles. The molecule has 2 aromatic rings. The minimum absolute atomic E-state index is 0.157. The molecule has 0 radical (unpaired) electrons. The molecule has 2 aromatic heterocycles. The van der Waals surface area contributed by atoms with Gasteiger partial charge in [0.1, 0.15) is 11.6 Å². The first-order valence-electron chi connectivity index (χ1n) is 6.77. The van der Waals surface area contributed by atoms with Crippen LogP contribution in [0, 0.1) is 13.8 Å². The number of aromatic nitrogens is 4. The summed E-state index contributed by atoms with van der Waals surface area (Å²) in [6, 6.07) is 0.157. The number of H-pyrrole nitrogens is 1. The van der Waals surface area contributed by atoms with Crippen LogP contribution in [0.5, 0.6) is 0 Å². The molecule has 0 saturated carbocycles. The summed E-state index contributed by atoms with van der Waals surface area (Å²) in [7, 11) is 1.75. The van der Waals surface area contributed by atoms with Crippen LogP contribution in [0.15, 0.2) is 18.6 Å². The van der Waals surface area contributed by atoms with Gasteiger partial charge in [-0.05, 0) is 13.8 Å². The van der Waals surface area contributed by atoms with E-state index in [9.17, 15) is 0 Å². The Labute approximate surface area is 118 Å². The van der Waals surface area contributed by atoms with Crippen LogP contribution < -0.4 is 4.90 Å². The van der Waals surface area contributed by atoms with Gasteiger partial charge in [0.15, 0.2) is 0 Å². The molecule has 1 fully saturated rings. The minimum Gasteiger partial charge on any atom is -0.380 e. The molecule has 1 aliphatic rings. The van der Waals surface area contributed by atoms with E-state index in [1.54, 1.807) is 25.7 Å². The van der Waals surface area contributed by atoms with E-state index in [4.69, 9.17) is 4.74 Å². The number of nitrogens with one attached hydrogen (secondary N) is 1. The zero-order valence-electron chi connectivity index (χ0n) is 12.0. The molecule has 0 amide bonds. The number of hydrogen-bond acceptors (Lipinski definition) is 5. The van der Waals surface area contributed by atoms with E-state index in [1.165, 1.54) is 0 Å². The molecular weight excluding hydrogens is 254 g/mol. The molecule has 1 N–H and O–H groups in total. The summed E-state index contributed by atoms with van der Waals surface area (Å²) >= 11 is 0. The minimum atomic E-state index is 0.157. The van der Waals surface area contributed by atoms with Crippen molar-refractivity contribution in [2.45, 2.75) is 32.4 Å². The molecule has 3 rings (SSSR count). The fraction of sp³-hybridized carbons (Fsp3) is 0.500. The van der Waals surface area contributed by atoms with Crippen LogP contribution in [0.25, 0.3) is 0 Å². The average molecular weight is 273 g/mol. The number of hydrogen-bond donors (Lipinski definition) is 1. The molecule has 3 heterocycles. The summed E-state index contributed by atoms with van der Waals surface area (Å²) in [5, 5.41) is 0. The van der Waals surface area contributed by atoms with Crippen LogP contribution in [-0.4, -0.2) is 39.7 Å². The Balaban J connectivity index is 1.94. The molecule has 106 valence electrons. The van der Waals surface area contributed by atoms with Gasteiger partial charge < -0.3 is 14.6 Å². The predicted molar refractivity (Wildman–Crippen MR) is 75.6 cm³/mol. The van der Waals surface area contributed by atoms with Gasteiger partial charge in [0.25, 0.3) is 0 Å². The van der Waals surface area contributed by atoms with Crippen molar-refractivity contribution >= 4 is 5.82 Å². The quantitative estimate of drug-likeness (QED) is 0.923. The molecule has 0 bridgehead atoms. The number of imidazole rings is 1. The van der Waals surface area contributed by atoms with Crippen LogP contribution in [0.3, 0.4) is 0 Å². The Bertz CT molecular complexity index is 563. The molecule has 0 unspecified atom stereocenters. The van der Waals surface area contributed by atoms with Gasteiger partial charge in [-0.2, -0.15) is 0 Å². The third kappa shape index (κ3) is 2.27. The number of aryl methyl sites for hydroxylation is 2. The summed E-state index contributed by atoms with van der Waals surface area (Å²) in [5.41, 5.74) is 2.15. The number of ether oxygens (including phenoxy) is 1. The number of aromatic amines is 1. The number of nitrogens with zero attached hydrogens (tertiary/aromatic N) is 4. The summed E-state index contributed by atoms with van der Waals surface area (Å²) in [6.07, 6.45) is 6.27. The SMILES string of the molecule is CO[C@@H]1C[C@@H](c2nc(C)c(C)[nH]2)N(c2cnccn2)C1. The Hall–Kier alpha value is -1.95. The van der Waals surface area contributed by atoms with Crippen molar-refractivity contribution in [2.75, 3.05) is 18.6 Å². The van der Waals surface area contributed by atoms with Crippen molar-refractivity contribution in [1.29, 1.82) is 0 Å². The van der Waals surface area contributed by atoms with Crippen molar-refractivity contribution in [3.63, 3.8) is 0 Å². The molecule has 6 nitrogen and oxygen atoms in total. The molecule has 1 saturated heterocycles. The highest BCUT2D eigenvalue weighted by Crippen LogP contribution is 2.34. The normalized spacial score (nSPS) is 22.4. The van der Waals surface area contributed by atoms with E-state index >= 15 is 0 Å². The summed E-state index contributed by atoms with van der Waals surface area (Å²) in [4.78, 5) is 18.8. The lowest BCUT2D eigenvalue weighted by Crippen LogP contribution is -2.26. The summed E-state index contributed by atoms with van der Waals surface area (Å²) < 4.78 is 5.52. The van der Waals surface area contributed by atoms with Gasteiger partial charge in [-0.25, -0.2) is 9.97 Å². The van der Waals surface area contributed by atoms with Crippen LogP contribution in [0.4, 0.5) is 5.82 Å². The number of anilines is 1. The van der Waals surface area contributed by atoms with Crippen molar-refractivity contribution in [2.24, 2.45) is 0 Å². The van der Waals surface area contributed by atoms with E-state index in [-0.39, 0.29) is 12.1 Å². The lowest BCUT2D eigenvalue weighted by Gasteiger charge is -2.23. The maximum atomic E-state index is 5.52. The second-order valence-electron chi connectivity index (χ2n) is 5.16. The topological polar surface area (TPSA) is 66.9 Å². The lowest BCUT2D eigenvalue weighted by atomic mass is 10.2. The fourth-order valence-electron chi connectivity index (χ4n) is 2.65. The van der Waals surface area contributed by atoms with Gasteiger partial charge >= 0.3 is 0 Å². The summed E-state index contributed by atoms with van der Waals surface area (Å²) in [5.74, 6) is 1.84. The molecule has 20 heavy (non-hydrogen) atoms. The molecule has 6 heteroatoms. The Kier molecular flexibility index (Phi) is 3.40. The second-order valence-corrected chi connectivity index (χ2v) is 5.16. The average Bonchev–Trinajstić information content (AvgIpc) is 3.04. The van der Waals surface area contributed by atoms with Crippen molar-refractivity contribution in [3.05, 3.63) is 35.8 Å². The standard InChI is InChI=1S/C14H19N5O/c1-9-10(2)18-14(17-9)12-6-11(20-3)8-19(12)13-7-15-4-5-16-13/h4-5,7,11-12H,6,8H2,1-3H3,(H,17,18)/t11-,12+/m1/s1. The van der Waals surface area contributed by atoms with E-state index in [0.717, 1.165) is 36.0 Å². The summed E-state index contributed by atoms with van der Waals surface area (Å²) in [6.45, 7) is 4.87. The highest BCUT2D eigenvalue weighted by Gasteiger charge is 2.36. The van der Waals surface area contributed by atoms with E-state index in [0.29, 0.717) is 0 Å². The lowest BCUT2D eigenvalue weighted by molar-refractivity contribution is 0.118. The number of methoxy groups -OCH3 is 1. The Morgan fingerprint density at radius 3 is 2.80 bits per heavy atom. The first-order valence-corrected chi connectivity index (χ1v) is 6.77. The predicted octanol–water partition coefficient (Wildman–Crippen LogP) is 1.78. The monoisotopic (exact) mass is 273 g/mol. The van der Waals surface area contributed by atoms with E-state index in [1.807, 2.05) is 13.8 Å². The van der Waals surface area contributed by atoms with Gasteiger partial charge in [-0.15, -0.1) is 0 Å². The van der Waals surface area contributed by atoms with Crippen LogP contribution in [0.1, 0.15) is 29.7 Å². The van der Waals surface area contributed by atoms with Gasteiger partial charge in [0, 0.05) is 38.2 Å². The molecule has 0 aromatic carbocycles. The van der Waals surface area contributed by atoms with E-state index in [2.05, 4.69) is 24.8 Å². The van der Waals surface area contributed by atoms with Crippen molar-refractivity contribution < 1.29 is 4.74 Å². The maximum Gasteiger partial charge on any atom is 0.147 e. The van der Waals surface area contributed by atoms with Gasteiger partial charge in [-0.3, -0.25) is 4.98 Å². The fourth-order valence-corrected chi connectivity index (χ4v) is 2.65. The Morgan fingerprint density at radius 2 is 2.20 bits per heavy atom. The largest absolute Gasteiger partial charge is 0.380 e. The van der Waals surface area contributed by atoms with Crippen LogP contribution >= 0.6 is 0 Å². The van der Waals surface area contributed by atoms with E-state index < -0.39 is 0 Å². The smallest absolute Gasteiger partial charge is 0.147 e. The van der Waals surface area contributed by atoms with Crippen molar-refractivity contribution in [3.8, 4) is 0 Å². The molecule has 1 aliphatic heterocycles. The van der Waals surface area contributed by atoms with Gasteiger partial charge in [0.05, 0.1) is 24.0 Å². The highest BCUT2D eigenvalue weighted by molar-refractivity contribution is 5.41.